The van der Waals surface area contributed by atoms with Gasteiger partial charge in [-0.2, -0.15) is 0 Å². The lowest BCUT2D eigenvalue weighted by atomic mass is 9.93. The maximum atomic E-state index is 14.6. The van der Waals surface area contributed by atoms with E-state index in [1.165, 1.54) is 24.3 Å². The molecule has 0 spiro atoms. The van der Waals surface area contributed by atoms with Crippen molar-refractivity contribution in [2.75, 3.05) is 18.0 Å². The summed E-state index contributed by atoms with van der Waals surface area (Å²) in [5.41, 5.74) is 0.817. The fourth-order valence-electron chi connectivity index (χ4n) is 3.33. The molecule has 0 bridgehead atoms. The lowest BCUT2D eigenvalue weighted by Crippen LogP contribution is -2.35. The smallest absolute Gasteiger partial charge is 0.303 e. The molecular weight excluding hydrogens is 328 g/mol. The Morgan fingerprint density at radius 1 is 1.08 bits per heavy atom. The van der Waals surface area contributed by atoms with Crippen LogP contribution in [-0.2, 0) is 4.79 Å². The van der Waals surface area contributed by atoms with Crippen molar-refractivity contribution in [1.82, 2.24) is 0 Å². The van der Waals surface area contributed by atoms with E-state index in [9.17, 15) is 18.7 Å². The third-order valence-corrected chi connectivity index (χ3v) is 4.59. The van der Waals surface area contributed by atoms with Gasteiger partial charge in [-0.25, -0.2) is 8.78 Å². The summed E-state index contributed by atoms with van der Waals surface area (Å²) in [5, 5.41) is 18.4. The van der Waals surface area contributed by atoms with Crippen molar-refractivity contribution in [3.63, 3.8) is 0 Å². The lowest BCUT2D eigenvalue weighted by molar-refractivity contribution is -0.138. The highest BCUT2D eigenvalue weighted by atomic mass is 19.1. The number of halogens is 2. The Kier molecular flexibility index (Phi) is 4.88. The molecule has 4 nitrogen and oxygen atoms in total. The third-order valence-electron chi connectivity index (χ3n) is 4.59. The Morgan fingerprint density at radius 3 is 2.28 bits per heavy atom. The quantitative estimate of drug-likeness (QED) is 0.877. The molecule has 0 unspecified atom stereocenters. The predicted octanol–water partition coefficient (Wildman–Crippen LogP) is 4.03. The average molecular weight is 347 g/mol. The van der Waals surface area contributed by atoms with Crippen molar-refractivity contribution in [2.24, 2.45) is 5.92 Å². The second kappa shape index (κ2) is 7.09. The van der Waals surface area contributed by atoms with Crippen LogP contribution in [0.4, 0.5) is 14.5 Å². The first-order chi connectivity index (χ1) is 11.9. The van der Waals surface area contributed by atoms with Crippen LogP contribution in [0.3, 0.4) is 0 Å². The molecule has 6 heteroatoms. The molecule has 2 aromatic carbocycles. The maximum absolute atomic E-state index is 14.6. The van der Waals surface area contributed by atoms with Gasteiger partial charge in [-0.3, -0.25) is 4.79 Å². The van der Waals surface area contributed by atoms with Crippen LogP contribution in [0.15, 0.2) is 36.4 Å². The van der Waals surface area contributed by atoms with Gasteiger partial charge in [-0.15, -0.1) is 0 Å². The molecule has 0 aliphatic carbocycles. The molecule has 25 heavy (non-hydrogen) atoms. The van der Waals surface area contributed by atoms with Crippen molar-refractivity contribution in [2.45, 2.75) is 19.3 Å². The molecule has 1 heterocycles. The van der Waals surface area contributed by atoms with Gasteiger partial charge in [0.05, 0.1) is 0 Å². The molecule has 0 amide bonds. The molecule has 0 saturated carbocycles. The molecule has 1 saturated heterocycles. The highest BCUT2D eigenvalue weighted by Crippen LogP contribution is 2.33. The monoisotopic (exact) mass is 347 g/mol. The van der Waals surface area contributed by atoms with Crippen molar-refractivity contribution in [3.8, 4) is 16.9 Å². The predicted molar refractivity (Wildman–Crippen MR) is 90.6 cm³/mol. The normalized spacial score (nSPS) is 15.4. The minimum Gasteiger partial charge on any atom is -0.508 e. The van der Waals surface area contributed by atoms with Gasteiger partial charge in [0.1, 0.15) is 23.1 Å². The van der Waals surface area contributed by atoms with Crippen LogP contribution in [0, 0.1) is 17.6 Å². The number of carbonyl (C=O) groups is 1. The number of phenols is 1. The van der Waals surface area contributed by atoms with E-state index >= 15 is 0 Å². The minimum absolute atomic E-state index is 0.0305. The van der Waals surface area contributed by atoms with E-state index < -0.39 is 17.6 Å². The van der Waals surface area contributed by atoms with E-state index in [0.29, 0.717) is 37.1 Å². The fraction of sp³-hybridized carbons (Fsp3) is 0.316. The summed E-state index contributed by atoms with van der Waals surface area (Å²) in [4.78, 5) is 12.4. The first-order valence-electron chi connectivity index (χ1n) is 8.19. The summed E-state index contributed by atoms with van der Waals surface area (Å²) < 4.78 is 29.1. The van der Waals surface area contributed by atoms with E-state index in [2.05, 4.69) is 0 Å². The van der Waals surface area contributed by atoms with Gasteiger partial charge in [-0.1, -0.05) is 12.1 Å². The number of nitrogens with zero attached hydrogens (tertiary/aromatic N) is 1. The molecule has 0 radical (unpaired) electrons. The van der Waals surface area contributed by atoms with Crippen molar-refractivity contribution < 1.29 is 23.8 Å². The molecule has 1 fully saturated rings. The molecule has 0 atom stereocenters. The number of hydrogen-bond acceptors (Lipinski definition) is 3. The van der Waals surface area contributed by atoms with Gasteiger partial charge in [0.25, 0.3) is 0 Å². The number of aliphatic carboxylic acids is 1. The zero-order valence-electron chi connectivity index (χ0n) is 13.6. The van der Waals surface area contributed by atoms with E-state index in [0.717, 1.165) is 0 Å². The second-order valence-corrected chi connectivity index (χ2v) is 6.37. The SMILES string of the molecule is O=C(O)CC1CCN(c2c(F)cc(-c3cccc(O)c3)cc2F)CC1. The number of rotatable bonds is 4. The van der Waals surface area contributed by atoms with Crippen molar-refractivity contribution in [3.05, 3.63) is 48.0 Å². The van der Waals surface area contributed by atoms with Gasteiger partial charge >= 0.3 is 5.97 Å². The maximum Gasteiger partial charge on any atom is 0.303 e. The second-order valence-electron chi connectivity index (χ2n) is 6.37. The van der Waals surface area contributed by atoms with Crippen LogP contribution < -0.4 is 4.90 Å². The standard InChI is InChI=1S/C19H19F2NO3/c20-16-10-14(13-2-1-3-15(23)9-13)11-17(21)19(16)22-6-4-12(5-7-22)8-18(24)25/h1-3,9-12,23H,4-8H2,(H,24,25). The summed E-state index contributed by atoms with van der Waals surface area (Å²) in [6.07, 6.45) is 1.29. The number of piperidine rings is 1. The molecule has 132 valence electrons. The van der Waals surface area contributed by atoms with Gasteiger partial charge < -0.3 is 15.1 Å². The van der Waals surface area contributed by atoms with Crippen LogP contribution in [0.2, 0.25) is 0 Å². The molecular formula is C19H19F2NO3. The molecule has 2 N–H and O–H groups in total. The molecule has 3 rings (SSSR count). The lowest BCUT2D eigenvalue weighted by Gasteiger charge is -2.33. The Balaban J connectivity index is 1.81. The van der Waals surface area contributed by atoms with Crippen LogP contribution in [0.5, 0.6) is 5.75 Å². The Bertz CT molecular complexity index is 763. The van der Waals surface area contributed by atoms with E-state index in [-0.39, 0.29) is 23.8 Å². The molecule has 1 aliphatic rings. The first kappa shape index (κ1) is 17.2. The first-order valence-corrected chi connectivity index (χ1v) is 8.19. The highest BCUT2D eigenvalue weighted by molar-refractivity contribution is 5.69. The largest absolute Gasteiger partial charge is 0.508 e. The van der Waals surface area contributed by atoms with E-state index in [4.69, 9.17) is 5.11 Å². The summed E-state index contributed by atoms with van der Waals surface area (Å²) in [6.45, 7) is 0.856. The van der Waals surface area contributed by atoms with Crippen LogP contribution in [0.25, 0.3) is 11.1 Å². The molecule has 1 aliphatic heterocycles. The zero-order chi connectivity index (χ0) is 18.0. The van der Waals surface area contributed by atoms with E-state index in [1.54, 1.807) is 17.0 Å². The minimum atomic E-state index is -0.841. The number of anilines is 1. The van der Waals surface area contributed by atoms with Crippen molar-refractivity contribution >= 4 is 11.7 Å². The number of benzene rings is 2. The zero-order valence-corrected chi connectivity index (χ0v) is 13.6. The van der Waals surface area contributed by atoms with Gasteiger partial charge in [0, 0.05) is 19.5 Å². The summed E-state index contributed by atoms with van der Waals surface area (Å²) in [7, 11) is 0. The van der Waals surface area contributed by atoms with E-state index in [1.807, 2.05) is 0 Å². The number of carboxylic acids is 1. The topological polar surface area (TPSA) is 60.8 Å². The average Bonchev–Trinajstić information content (AvgIpc) is 2.55. The molecule has 0 aromatic heterocycles. The van der Waals surface area contributed by atoms with Crippen molar-refractivity contribution in [1.29, 1.82) is 0 Å². The number of phenolic OH excluding ortho intramolecular Hbond substituents is 1. The Hall–Kier alpha value is -2.63. The Morgan fingerprint density at radius 2 is 1.72 bits per heavy atom. The molecule has 2 aromatic rings. The number of hydrogen-bond donors (Lipinski definition) is 2. The number of carboxylic acid groups (broad SMARTS) is 1. The number of aromatic hydroxyl groups is 1. The fourth-order valence-corrected chi connectivity index (χ4v) is 3.33. The summed E-state index contributed by atoms with van der Waals surface area (Å²) >= 11 is 0. The van der Waals surface area contributed by atoms with Gasteiger partial charge in [-0.05, 0) is 54.2 Å². The highest BCUT2D eigenvalue weighted by Gasteiger charge is 2.25. The van der Waals surface area contributed by atoms with Crippen LogP contribution >= 0.6 is 0 Å². The van der Waals surface area contributed by atoms with Gasteiger partial charge in [0.15, 0.2) is 0 Å². The third kappa shape index (κ3) is 3.90. The Labute approximate surface area is 144 Å². The summed E-state index contributed by atoms with van der Waals surface area (Å²) in [5.74, 6) is -2.08. The van der Waals surface area contributed by atoms with Gasteiger partial charge in [0.2, 0.25) is 0 Å². The van der Waals surface area contributed by atoms with Crippen LogP contribution in [-0.4, -0.2) is 29.3 Å². The summed E-state index contributed by atoms with van der Waals surface area (Å²) in [6, 6.07) is 8.75. The van der Waals surface area contributed by atoms with Crippen LogP contribution in [0.1, 0.15) is 19.3 Å².